The SMILES string of the molecule is O=S(=O)(O)PPPP. The van der Waals surface area contributed by atoms with Gasteiger partial charge >= 0.3 is 0 Å². The number of hydrogen-bond acceptors (Lipinski definition) is 2. The van der Waals surface area contributed by atoms with Gasteiger partial charge in [-0.05, 0) is 0 Å². The van der Waals surface area contributed by atoms with Crippen molar-refractivity contribution >= 4 is 42.1 Å². The molecular formula is H6O3P4S. The third-order valence-corrected chi connectivity index (χ3v) is 13.5. The maximum Gasteiger partial charge on any atom is 0.282 e. The van der Waals surface area contributed by atoms with Crippen LogP contribution in [0.5, 0.6) is 0 Å². The molecule has 1 N–H and O–H groups in total. The first-order valence-electron chi connectivity index (χ1n) is 1.51. The molecule has 0 heterocycles. The van der Waals surface area contributed by atoms with Gasteiger partial charge < -0.3 is 0 Å². The van der Waals surface area contributed by atoms with Crippen molar-refractivity contribution in [2.75, 3.05) is 0 Å². The topological polar surface area (TPSA) is 54.4 Å². The Morgan fingerprint density at radius 2 is 2.00 bits per heavy atom. The molecule has 0 amide bonds. The molecule has 50 valence electrons. The van der Waals surface area contributed by atoms with Gasteiger partial charge in [0.25, 0.3) is 9.74 Å². The fourth-order valence-corrected chi connectivity index (χ4v) is 12.4. The zero-order chi connectivity index (χ0) is 6.62. The maximum absolute atomic E-state index is 9.96. The molecule has 0 aromatic heterocycles. The van der Waals surface area contributed by atoms with Gasteiger partial charge in [-0.3, -0.25) is 4.55 Å². The summed E-state index contributed by atoms with van der Waals surface area (Å²) in [7, 11) is -0.639. The highest BCUT2D eigenvalue weighted by Gasteiger charge is 2.00. The van der Waals surface area contributed by atoms with Crippen LogP contribution in [-0.4, -0.2) is 13.0 Å². The van der Waals surface area contributed by atoms with E-state index in [1.807, 2.05) is 0 Å². The van der Waals surface area contributed by atoms with E-state index in [0.717, 1.165) is 0 Å². The monoisotopic (exact) mass is 210 g/mol. The first-order valence-corrected chi connectivity index (χ1v) is 10.5. The van der Waals surface area contributed by atoms with E-state index in [0.29, 0.717) is 15.9 Å². The molecule has 8 heteroatoms. The third-order valence-electron chi connectivity index (χ3n) is 0.252. The molecule has 0 bridgehead atoms. The van der Waals surface area contributed by atoms with Crippen LogP contribution in [0.3, 0.4) is 0 Å². The lowest BCUT2D eigenvalue weighted by Gasteiger charge is -1.90. The first kappa shape index (κ1) is 9.63. The predicted molar refractivity (Wildman–Crippen MR) is 46.2 cm³/mol. The summed E-state index contributed by atoms with van der Waals surface area (Å²) in [5, 5.41) is 0. The second-order valence-corrected chi connectivity index (χ2v) is 13.0. The van der Waals surface area contributed by atoms with Crippen LogP contribution < -0.4 is 0 Å². The molecule has 0 aromatic carbocycles. The van der Waals surface area contributed by atoms with Crippen molar-refractivity contribution in [1.82, 2.24) is 0 Å². The Morgan fingerprint density at radius 3 is 2.12 bits per heavy atom. The van der Waals surface area contributed by atoms with Crippen LogP contribution >= 0.6 is 32.3 Å². The maximum atomic E-state index is 9.96. The van der Waals surface area contributed by atoms with Crippen molar-refractivity contribution in [3.8, 4) is 0 Å². The third kappa shape index (κ3) is 7.63. The molecule has 0 rings (SSSR count). The summed E-state index contributed by atoms with van der Waals surface area (Å²) in [6, 6.07) is 0. The van der Waals surface area contributed by atoms with Gasteiger partial charge in [-0.1, -0.05) is 15.9 Å². The van der Waals surface area contributed by atoms with Crippen LogP contribution in [0.15, 0.2) is 0 Å². The average molecular weight is 210 g/mol. The highest BCUT2D eigenvalue weighted by atomic mass is 33.0. The summed E-state index contributed by atoms with van der Waals surface area (Å²) in [6.07, 6.45) is 0. The number of hydrogen-bond donors (Lipinski definition) is 1. The summed E-state index contributed by atoms with van der Waals surface area (Å²) < 4.78 is 28.1. The summed E-state index contributed by atoms with van der Waals surface area (Å²) in [5.41, 5.74) is 0. The van der Waals surface area contributed by atoms with Crippen LogP contribution in [0.25, 0.3) is 0 Å². The minimum atomic E-state index is -3.65. The summed E-state index contributed by atoms with van der Waals surface area (Å²) in [4.78, 5) is 0. The lowest BCUT2D eigenvalue weighted by molar-refractivity contribution is 0.502. The fourth-order valence-electron chi connectivity index (χ4n) is 0.0940. The highest BCUT2D eigenvalue weighted by Crippen LogP contribution is 2.58. The standard InChI is InChI=1S/H6O3P4S/c1-8(2,3)7-6-5-4/h5-7H,4H2,(H,1,2,3). The lowest BCUT2D eigenvalue weighted by atomic mass is 15.9. The Balaban J connectivity index is 3.42. The second-order valence-electron chi connectivity index (χ2n) is 0.846. The second kappa shape index (κ2) is 4.45. The van der Waals surface area contributed by atoms with Crippen LogP contribution in [-0.2, 0) is 9.74 Å². The lowest BCUT2D eigenvalue weighted by Crippen LogP contribution is -1.80. The van der Waals surface area contributed by atoms with E-state index in [9.17, 15) is 8.42 Å². The minimum absolute atomic E-state index is 0.311. The molecule has 4 unspecified atom stereocenters. The fraction of sp³-hybridized carbons (Fsp3) is 0. The smallest absolute Gasteiger partial charge is 0.282 e. The molecule has 0 aliphatic carbocycles. The van der Waals surface area contributed by atoms with Crippen molar-refractivity contribution in [2.24, 2.45) is 0 Å². The summed E-state index contributed by atoms with van der Waals surface area (Å²) in [6.45, 7) is 0. The van der Waals surface area contributed by atoms with Crippen molar-refractivity contribution in [3.05, 3.63) is 0 Å². The van der Waals surface area contributed by atoms with Gasteiger partial charge in [0.1, 0.15) is 0 Å². The van der Waals surface area contributed by atoms with Crippen molar-refractivity contribution in [2.45, 2.75) is 0 Å². The number of rotatable bonds is 3. The van der Waals surface area contributed by atoms with Crippen LogP contribution in [0.1, 0.15) is 0 Å². The first-order chi connectivity index (χ1) is 3.56. The van der Waals surface area contributed by atoms with E-state index in [1.165, 1.54) is 0 Å². The molecule has 0 aromatic rings. The van der Waals surface area contributed by atoms with Crippen LogP contribution in [0.2, 0.25) is 0 Å². The Kier molecular flexibility index (Phi) is 5.35. The van der Waals surface area contributed by atoms with Gasteiger partial charge in [0.2, 0.25) is 0 Å². The zero-order valence-corrected chi connectivity index (χ0v) is 8.72. The molecule has 8 heavy (non-hydrogen) atoms. The molecule has 0 spiro atoms. The largest absolute Gasteiger partial charge is 0.283 e. The van der Waals surface area contributed by atoms with Gasteiger partial charge in [-0.2, -0.15) is 8.42 Å². The molecule has 3 nitrogen and oxygen atoms in total. The molecule has 0 radical (unpaired) electrons. The summed E-state index contributed by atoms with van der Waals surface area (Å²) >= 11 is 0. The molecule has 0 aliphatic heterocycles. The minimum Gasteiger partial charge on any atom is -0.283 e. The van der Waals surface area contributed by atoms with Crippen molar-refractivity contribution in [3.63, 3.8) is 0 Å². The van der Waals surface area contributed by atoms with E-state index in [-0.39, 0.29) is 7.47 Å². The predicted octanol–water partition coefficient (Wildman–Crippen LogP) is 1.44. The van der Waals surface area contributed by atoms with Crippen LogP contribution in [0.4, 0.5) is 0 Å². The Bertz CT molecular complexity index is 135. The van der Waals surface area contributed by atoms with Gasteiger partial charge in [-0.25, -0.2) is 0 Å². The Hall–Kier alpha value is 1.63. The van der Waals surface area contributed by atoms with Crippen molar-refractivity contribution < 1.29 is 13.0 Å². The Morgan fingerprint density at radius 1 is 1.50 bits per heavy atom. The highest BCUT2D eigenvalue weighted by molar-refractivity contribution is 8.75. The van der Waals surface area contributed by atoms with E-state index in [4.69, 9.17) is 4.55 Å². The molecule has 0 saturated carbocycles. The van der Waals surface area contributed by atoms with Gasteiger partial charge in [0.05, 0.1) is 7.47 Å². The summed E-state index contributed by atoms with van der Waals surface area (Å²) in [5.74, 6) is 0. The molecule has 0 saturated heterocycles. The van der Waals surface area contributed by atoms with Gasteiger partial charge in [-0.15, -0.1) is 8.93 Å². The van der Waals surface area contributed by atoms with Gasteiger partial charge in [0.15, 0.2) is 0 Å². The molecular weight excluding hydrogens is 204 g/mol. The van der Waals surface area contributed by atoms with E-state index in [1.54, 1.807) is 0 Å². The van der Waals surface area contributed by atoms with E-state index in [2.05, 4.69) is 8.93 Å². The molecule has 4 atom stereocenters. The molecule has 0 aliphatic rings. The van der Waals surface area contributed by atoms with Crippen molar-refractivity contribution in [1.29, 1.82) is 0 Å². The van der Waals surface area contributed by atoms with E-state index < -0.39 is 9.74 Å². The quantitative estimate of drug-likeness (QED) is 0.566. The normalized spacial score (nSPS) is 16.2. The Labute approximate surface area is 55.5 Å². The van der Waals surface area contributed by atoms with E-state index >= 15 is 0 Å². The molecule has 0 fully saturated rings. The average Bonchev–Trinajstić information content (AvgIpc) is 1.59. The van der Waals surface area contributed by atoms with Gasteiger partial charge in [0, 0.05) is 0 Å². The van der Waals surface area contributed by atoms with Crippen LogP contribution in [0, 0.1) is 0 Å². The zero-order valence-electron chi connectivity index (χ0n) is 3.75.